The van der Waals surface area contributed by atoms with E-state index in [9.17, 15) is 8.78 Å². The first-order valence-electron chi connectivity index (χ1n) is 5.06. The Hall–Kier alpha value is -1.63. The molecular weight excluding hydrogens is 297 g/mol. The second kappa shape index (κ2) is 5.56. The molecule has 4 nitrogen and oxygen atoms in total. The fourth-order valence-electron chi connectivity index (χ4n) is 1.37. The Morgan fingerprint density at radius 3 is 2.37 bits per heavy atom. The SMILES string of the molecule is NNc1nc(Nc2ccc(Cl)cc2Cl)c(F)cc1F. The Morgan fingerprint density at radius 2 is 1.74 bits per heavy atom. The van der Waals surface area contributed by atoms with Gasteiger partial charge in [0.05, 0.1) is 10.7 Å². The summed E-state index contributed by atoms with van der Waals surface area (Å²) in [5.74, 6) is 2.81. The van der Waals surface area contributed by atoms with Gasteiger partial charge in [-0.1, -0.05) is 23.2 Å². The summed E-state index contributed by atoms with van der Waals surface area (Å²) in [7, 11) is 0. The van der Waals surface area contributed by atoms with Gasteiger partial charge in [-0.3, -0.25) is 0 Å². The van der Waals surface area contributed by atoms with E-state index in [0.29, 0.717) is 16.8 Å². The quantitative estimate of drug-likeness (QED) is 0.598. The predicted octanol–water partition coefficient (Wildman–Crippen LogP) is 3.70. The summed E-state index contributed by atoms with van der Waals surface area (Å²) in [4.78, 5) is 3.66. The zero-order valence-electron chi connectivity index (χ0n) is 9.35. The molecule has 19 heavy (non-hydrogen) atoms. The number of nitrogen functional groups attached to an aromatic ring is 1. The number of hydrogen-bond donors (Lipinski definition) is 3. The van der Waals surface area contributed by atoms with Gasteiger partial charge in [0.15, 0.2) is 23.3 Å². The minimum Gasteiger partial charge on any atom is -0.336 e. The lowest BCUT2D eigenvalue weighted by atomic mass is 10.3. The van der Waals surface area contributed by atoms with Crippen LogP contribution in [-0.4, -0.2) is 4.98 Å². The van der Waals surface area contributed by atoms with Crippen molar-refractivity contribution in [1.29, 1.82) is 0 Å². The molecule has 100 valence electrons. The summed E-state index contributed by atoms with van der Waals surface area (Å²) in [5.41, 5.74) is 2.41. The van der Waals surface area contributed by atoms with Crippen molar-refractivity contribution >= 4 is 40.5 Å². The number of hydrazine groups is 1. The minimum atomic E-state index is -0.896. The molecule has 0 saturated carbocycles. The Bertz CT molecular complexity index is 622. The summed E-state index contributed by atoms with van der Waals surface area (Å²) in [6, 6.07) is 5.26. The lowest BCUT2D eigenvalue weighted by Crippen LogP contribution is -2.12. The van der Waals surface area contributed by atoms with E-state index in [1.807, 2.05) is 5.43 Å². The monoisotopic (exact) mass is 304 g/mol. The average Bonchev–Trinajstić information content (AvgIpc) is 2.35. The molecule has 0 unspecified atom stereocenters. The number of anilines is 3. The second-order valence-electron chi connectivity index (χ2n) is 3.54. The number of halogens is 4. The molecule has 2 aromatic rings. The molecule has 0 aliphatic heterocycles. The average molecular weight is 305 g/mol. The molecule has 1 aromatic heterocycles. The summed E-state index contributed by atoms with van der Waals surface area (Å²) in [6.07, 6.45) is 0. The highest BCUT2D eigenvalue weighted by atomic mass is 35.5. The van der Waals surface area contributed by atoms with Crippen molar-refractivity contribution < 1.29 is 8.78 Å². The first-order valence-corrected chi connectivity index (χ1v) is 5.81. The maximum atomic E-state index is 13.6. The fraction of sp³-hybridized carbons (Fsp3) is 0. The number of nitrogens with zero attached hydrogens (tertiary/aromatic N) is 1. The molecule has 4 N–H and O–H groups in total. The number of benzene rings is 1. The van der Waals surface area contributed by atoms with Crippen LogP contribution in [-0.2, 0) is 0 Å². The van der Waals surface area contributed by atoms with Gasteiger partial charge in [-0.2, -0.15) is 0 Å². The molecule has 0 bridgehead atoms. The third-order valence-corrected chi connectivity index (χ3v) is 2.80. The van der Waals surface area contributed by atoms with Crippen LogP contribution in [0.1, 0.15) is 0 Å². The van der Waals surface area contributed by atoms with E-state index in [1.54, 1.807) is 12.1 Å². The molecule has 0 amide bonds. The largest absolute Gasteiger partial charge is 0.336 e. The van der Waals surface area contributed by atoms with E-state index >= 15 is 0 Å². The molecule has 0 saturated heterocycles. The van der Waals surface area contributed by atoms with Crippen LogP contribution in [0.4, 0.5) is 26.1 Å². The Balaban J connectivity index is 2.37. The van der Waals surface area contributed by atoms with Gasteiger partial charge in [-0.15, -0.1) is 0 Å². The van der Waals surface area contributed by atoms with Crippen molar-refractivity contribution in [2.24, 2.45) is 5.84 Å². The Labute approximate surface area is 117 Å². The molecule has 8 heteroatoms. The molecule has 0 fully saturated rings. The maximum absolute atomic E-state index is 13.6. The first kappa shape index (κ1) is 13.8. The maximum Gasteiger partial charge on any atom is 0.178 e. The smallest absolute Gasteiger partial charge is 0.178 e. The van der Waals surface area contributed by atoms with Crippen molar-refractivity contribution in [3.8, 4) is 0 Å². The van der Waals surface area contributed by atoms with Crippen molar-refractivity contribution in [3.05, 3.63) is 45.9 Å². The van der Waals surface area contributed by atoms with Crippen LogP contribution in [0.25, 0.3) is 0 Å². The molecule has 2 rings (SSSR count). The highest BCUT2D eigenvalue weighted by Gasteiger charge is 2.12. The van der Waals surface area contributed by atoms with Crippen LogP contribution in [0.5, 0.6) is 0 Å². The number of nitrogens with two attached hydrogens (primary N) is 1. The van der Waals surface area contributed by atoms with E-state index in [1.165, 1.54) is 6.07 Å². The summed E-state index contributed by atoms with van der Waals surface area (Å²) in [6.45, 7) is 0. The zero-order valence-corrected chi connectivity index (χ0v) is 10.9. The molecule has 0 aliphatic rings. The normalized spacial score (nSPS) is 10.4. The third kappa shape index (κ3) is 3.04. The number of aromatic nitrogens is 1. The van der Waals surface area contributed by atoms with E-state index in [-0.39, 0.29) is 16.7 Å². The van der Waals surface area contributed by atoms with Gasteiger partial charge in [-0.25, -0.2) is 19.6 Å². The van der Waals surface area contributed by atoms with Gasteiger partial charge in [0.25, 0.3) is 0 Å². The van der Waals surface area contributed by atoms with Gasteiger partial charge in [0.1, 0.15) is 0 Å². The predicted molar refractivity (Wildman–Crippen MR) is 71.7 cm³/mol. The molecule has 0 aliphatic carbocycles. The van der Waals surface area contributed by atoms with Crippen LogP contribution in [0.2, 0.25) is 10.0 Å². The number of rotatable bonds is 3. The lowest BCUT2D eigenvalue weighted by Gasteiger charge is -2.10. The highest BCUT2D eigenvalue weighted by Crippen LogP contribution is 2.29. The van der Waals surface area contributed by atoms with Crippen molar-refractivity contribution in [3.63, 3.8) is 0 Å². The zero-order chi connectivity index (χ0) is 14.0. The van der Waals surface area contributed by atoms with Crippen molar-refractivity contribution in [2.45, 2.75) is 0 Å². The molecular formula is C11H8Cl2F2N4. The fourth-order valence-corrected chi connectivity index (χ4v) is 1.83. The molecule has 0 radical (unpaired) electrons. The molecule has 1 aromatic carbocycles. The van der Waals surface area contributed by atoms with Crippen molar-refractivity contribution in [1.82, 2.24) is 4.98 Å². The highest BCUT2D eigenvalue weighted by molar-refractivity contribution is 6.36. The molecule has 0 spiro atoms. The van der Waals surface area contributed by atoms with Gasteiger partial charge in [0.2, 0.25) is 0 Å². The first-order chi connectivity index (χ1) is 9.01. The van der Waals surface area contributed by atoms with Gasteiger partial charge in [0, 0.05) is 11.1 Å². The summed E-state index contributed by atoms with van der Waals surface area (Å²) >= 11 is 11.7. The Kier molecular flexibility index (Phi) is 4.04. The van der Waals surface area contributed by atoms with E-state index < -0.39 is 11.6 Å². The van der Waals surface area contributed by atoms with Crippen LogP contribution in [0.3, 0.4) is 0 Å². The standard InChI is InChI=1S/C11H8Cl2F2N4/c12-5-1-2-9(6(13)3-5)17-10-7(14)4-8(15)11(18-10)19-16/h1-4H,16H2,(H2,17,18,19). The number of pyridine rings is 1. The summed E-state index contributed by atoms with van der Waals surface area (Å²) in [5, 5.41) is 3.35. The molecule has 0 atom stereocenters. The van der Waals surface area contributed by atoms with Crippen LogP contribution < -0.4 is 16.6 Å². The van der Waals surface area contributed by atoms with E-state index in [0.717, 1.165) is 0 Å². The lowest BCUT2D eigenvalue weighted by molar-refractivity contribution is 0.579. The minimum absolute atomic E-state index is 0.210. The van der Waals surface area contributed by atoms with Crippen LogP contribution in [0, 0.1) is 11.6 Å². The number of hydrogen-bond acceptors (Lipinski definition) is 4. The van der Waals surface area contributed by atoms with Gasteiger partial charge >= 0.3 is 0 Å². The van der Waals surface area contributed by atoms with E-state index in [2.05, 4.69) is 10.3 Å². The van der Waals surface area contributed by atoms with Gasteiger partial charge in [-0.05, 0) is 18.2 Å². The van der Waals surface area contributed by atoms with Gasteiger partial charge < -0.3 is 10.7 Å². The second-order valence-corrected chi connectivity index (χ2v) is 4.39. The summed E-state index contributed by atoms with van der Waals surface area (Å²) < 4.78 is 26.7. The van der Waals surface area contributed by atoms with Crippen LogP contribution >= 0.6 is 23.2 Å². The van der Waals surface area contributed by atoms with E-state index in [4.69, 9.17) is 29.0 Å². The third-order valence-electron chi connectivity index (χ3n) is 2.25. The topological polar surface area (TPSA) is 63.0 Å². The van der Waals surface area contributed by atoms with Crippen LogP contribution in [0.15, 0.2) is 24.3 Å². The van der Waals surface area contributed by atoms with Crippen molar-refractivity contribution in [2.75, 3.05) is 10.7 Å². The Morgan fingerprint density at radius 1 is 1.05 bits per heavy atom. The molecule has 1 heterocycles. The number of nitrogens with one attached hydrogen (secondary N) is 2.